The van der Waals surface area contributed by atoms with Crippen LogP contribution in [0.15, 0.2) is 48.5 Å². The van der Waals surface area contributed by atoms with Crippen LogP contribution in [-0.2, 0) is 6.61 Å². The maximum atomic E-state index is 5.85. The topological polar surface area (TPSA) is 22.1 Å². The Balaban J connectivity index is 1.96. The van der Waals surface area contributed by atoms with Crippen molar-refractivity contribution in [3.8, 4) is 5.75 Å². The van der Waals surface area contributed by atoms with Gasteiger partial charge < -0.3 is 4.74 Å². The Labute approximate surface area is 119 Å². The maximum absolute atomic E-state index is 5.85. The minimum absolute atomic E-state index is 0.549. The van der Waals surface area contributed by atoms with Crippen molar-refractivity contribution in [1.82, 2.24) is 4.98 Å². The molecule has 3 rings (SSSR count). The van der Waals surface area contributed by atoms with Gasteiger partial charge in [-0.05, 0) is 50.2 Å². The standard InChI is InChI=1S/C18H16NO/c1-13-8-9-18-17(10-13)15(11-14(2)19-18)12-20-16-6-4-3-5-7-16/h4-11H,12H2,1-2H3. The van der Waals surface area contributed by atoms with Crippen LogP contribution >= 0.6 is 0 Å². The quantitative estimate of drug-likeness (QED) is 0.704. The zero-order valence-electron chi connectivity index (χ0n) is 11.7. The van der Waals surface area contributed by atoms with Gasteiger partial charge in [-0.25, -0.2) is 0 Å². The van der Waals surface area contributed by atoms with Crippen LogP contribution in [0, 0.1) is 19.9 Å². The maximum Gasteiger partial charge on any atom is 0.119 e. The van der Waals surface area contributed by atoms with E-state index in [0.717, 1.165) is 22.3 Å². The summed E-state index contributed by atoms with van der Waals surface area (Å²) in [4.78, 5) is 4.57. The van der Waals surface area contributed by atoms with Gasteiger partial charge in [-0.1, -0.05) is 23.8 Å². The first-order valence-corrected chi connectivity index (χ1v) is 6.68. The van der Waals surface area contributed by atoms with E-state index in [2.05, 4.69) is 42.2 Å². The van der Waals surface area contributed by atoms with E-state index in [-0.39, 0.29) is 0 Å². The fourth-order valence-electron chi connectivity index (χ4n) is 2.31. The van der Waals surface area contributed by atoms with Crippen molar-refractivity contribution in [3.05, 3.63) is 71.4 Å². The largest absolute Gasteiger partial charge is 0.489 e. The van der Waals surface area contributed by atoms with Crippen molar-refractivity contribution in [2.24, 2.45) is 0 Å². The van der Waals surface area contributed by atoms with E-state index < -0.39 is 0 Å². The van der Waals surface area contributed by atoms with Crippen molar-refractivity contribution >= 4 is 10.9 Å². The van der Waals surface area contributed by atoms with Gasteiger partial charge in [-0.3, -0.25) is 4.98 Å². The molecule has 2 nitrogen and oxygen atoms in total. The number of fused-ring (bicyclic) bond motifs is 1. The van der Waals surface area contributed by atoms with E-state index in [4.69, 9.17) is 4.74 Å². The van der Waals surface area contributed by atoms with E-state index >= 15 is 0 Å². The third kappa shape index (κ3) is 2.64. The number of hydrogen-bond acceptors (Lipinski definition) is 2. The van der Waals surface area contributed by atoms with Gasteiger partial charge in [0.1, 0.15) is 12.4 Å². The molecule has 0 amide bonds. The van der Waals surface area contributed by atoms with Gasteiger partial charge in [0.25, 0.3) is 0 Å². The van der Waals surface area contributed by atoms with E-state index in [9.17, 15) is 0 Å². The highest BCUT2D eigenvalue weighted by molar-refractivity contribution is 5.83. The summed E-state index contributed by atoms with van der Waals surface area (Å²) in [7, 11) is 0. The van der Waals surface area contributed by atoms with Crippen LogP contribution < -0.4 is 4.74 Å². The van der Waals surface area contributed by atoms with Crippen molar-refractivity contribution in [2.75, 3.05) is 0 Å². The third-order valence-corrected chi connectivity index (χ3v) is 3.26. The van der Waals surface area contributed by atoms with Gasteiger partial charge in [-0.2, -0.15) is 0 Å². The number of benzene rings is 2. The Hall–Kier alpha value is -2.35. The summed E-state index contributed by atoms with van der Waals surface area (Å²) in [5, 5.41) is 1.16. The Kier molecular flexibility index (Phi) is 3.38. The number of nitrogens with zero attached hydrogens (tertiary/aromatic N) is 1. The summed E-state index contributed by atoms with van der Waals surface area (Å²) in [5.74, 6) is 0.860. The van der Waals surface area contributed by atoms with E-state index in [1.807, 2.05) is 31.2 Å². The van der Waals surface area contributed by atoms with Crippen LogP contribution in [0.4, 0.5) is 0 Å². The lowest BCUT2D eigenvalue weighted by molar-refractivity contribution is 0.307. The molecule has 0 saturated carbocycles. The first-order chi connectivity index (χ1) is 9.72. The van der Waals surface area contributed by atoms with Gasteiger partial charge >= 0.3 is 0 Å². The molecule has 0 saturated heterocycles. The fourth-order valence-corrected chi connectivity index (χ4v) is 2.31. The van der Waals surface area contributed by atoms with Crippen LogP contribution in [0.5, 0.6) is 5.75 Å². The monoisotopic (exact) mass is 262 g/mol. The zero-order valence-corrected chi connectivity index (χ0v) is 11.7. The van der Waals surface area contributed by atoms with Crippen LogP contribution in [0.25, 0.3) is 10.9 Å². The fraction of sp³-hybridized carbons (Fsp3) is 0.167. The third-order valence-electron chi connectivity index (χ3n) is 3.26. The van der Waals surface area contributed by atoms with Crippen LogP contribution in [0.3, 0.4) is 0 Å². The zero-order chi connectivity index (χ0) is 13.9. The number of rotatable bonds is 3. The number of ether oxygens (including phenoxy) is 1. The van der Waals surface area contributed by atoms with E-state index in [0.29, 0.717) is 6.61 Å². The number of pyridine rings is 1. The molecule has 2 aromatic carbocycles. The van der Waals surface area contributed by atoms with Gasteiger partial charge in [0.05, 0.1) is 5.52 Å². The summed E-state index contributed by atoms with van der Waals surface area (Å²) in [6.07, 6.45) is 0. The highest BCUT2D eigenvalue weighted by Gasteiger charge is 2.05. The lowest BCUT2D eigenvalue weighted by Gasteiger charge is -2.10. The predicted octanol–water partition coefficient (Wildman–Crippen LogP) is 4.23. The molecule has 99 valence electrons. The summed E-state index contributed by atoms with van der Waals surface area (Å²) in [6, 6.07) is 19.0. The van der Waals surface area contributed by atoms with E-state index in [1.54, 1.807) is 0 Å². The van der Waals surface area contributed by atoms with Crippen molar-refractivity contribution in [1.29, 1.82) is 0 Å². The summed E-state index contributed by atoms with van der Waals surface area (Å²) in [5.41, 5.74) is 4.44. The molecular formula is C18H16NO. The number of hydrogen-bond donors (Lipinski definition) is 0. The highest BCUT2D eigenvalue weighted by atomic mass is 16.5. The minimum atomic E-state index is 0.549. The Morgan fingerprint density at radius 3 is 2.65 bits per heavy atom. The molecule has 0 unspecified atom stereocenters. The van der Waals surface area contributed by atoms with Crippen LogP contribution in [0.2, 0.25) is 0 Å². The van der Waals surface area contributed by atoms with Gasteiger partial charge in [-0.15, -0.1) is 0 Å². The molecule has 1 aromatic heterocycles. The molecule has 0 aliphatic rings. The molecule has 2 heteroatoms. The molecule has 0 N–H and O–H groups in total. The average molecular weight is 262 g/mol. The molecule has 1 radical (unpaired) electrons. The van der Waals surface area contributed by atoms with Crippen molar-refractivity contribution < 1.29 is 4.74 Å². The van der Waals surface area contributed by atoms with Crippen LogP contribution in [-0.4, -0.2) is 4.98 Å². The van der Waals surface area contributed by atoms with E-state index in [1.165, 1.54) is 11.1 Å². The lowest BCUT2D eigenvalue weighted by atomic mass is 10.1. The first-order valence-electron chi connectivity index (χ1n) is 6.68. The second kappa shape index (κ2) is 5.33. The first kappa shape index (κ1) is 12.7. The molecule has 20 heavy (non-hydrogen) atoms. The number of aromatic nitrogens is 1. The second-order valence-electron chi connectivity index (χ2n) is 4.97. The highest BCUT2D eigenvalue weighted by Crippen LogP contribution is 2.21. The molecular weight excluding hydrogens is 246 g/mol. The van der Waals surface area contributed by atoms with Crippen molar-refractivity contribution in [2.45, 2.75) is 20.5 Å². The van der Waals surface area contributed by atoms with Gasteiger partial charge in [0.2, 0.25) is 0 Å². The van der Waals surface area contributed by atoms with Crippen molar-refractivity contribution in [3.63, 3.8) is 0 Å². The summed E-state index contributed by atoms with van der Waals surface area (Å²) >= 11 is 0. The summed E-state index contributed by atoms with van der Waals surface area (Å²) in [6.45, 7) is 4.66. The molecule has 0 fully saturated rings. The smallest absolute Gasteiger partial charge is 0.119 e. The van der Waals surface area contributed by atoms with Gasteiger partial charge in [0, 0.05) is 16.6 Å². The molecule has 3 aromatic rings. The molecule has 0 spiro atoms. The lowest BCUT2D eigenvalue weighted by Crippen LogP contribution is -1.99. The normalized spacial score (nSPS) is 10.7. The molecule has 1 heterocycles. The minimum Gasteiger partial charge on any atom is -0.489 e. The van der Waals surface area contributed by atoms with Crippen LogP contribution in [0.1, 0.15) is 16.8 Å². The summed E-state index contributed by atoms with van der Waals surface area (Å²) < 4.78 is 5.85. The Bertz CT molecular complexity index is 735. The Morgan fingerprint density at radius 1 is 1.05 bits per heavy atom. The SMILES string of the molecule is Cc1ccc2nc(C)cc(COc3cc[c]cc3)c2c1. The molecule has 0 bridgehead atoms. The average Bonchev–Trinajstić information content (AvgIpc) is 2.46. The molecule has 0 aliphatic carbocycles. The van der Waals surface area contributed by atoms with Gasteiger partial charge in [0.15, 0.2) is 0 Å². The molecule has 0 aliphatic heterocycles. The number of aryl methyl sites for hydroxylation is 2. The Morgan fingerprint density at radius 2 is 1.85 bits per heavy atom. The molecule has 0 atom stereocenters. The second-order valence-corrected chi connectivity index (χ2v) is 4.97. The predicted molar refractivity (Wildman–Crippen MR) is 80.8 cm³/mol.